The molecule has 9 heteroatoms. The van der Waals surface area contributed by atoms with E-state index in [1.165, 1.54) is 0 Å². The first kappa shape index (κ1) is 19.5. The van der Waals surface area contributed by atoms with Gasteiger partial charge in [-0.05, 0) is 6.42 Å². The maximum atomic E-state index is 10.7. The molecule has 20 heavy (non-hydrogen) atoms. The van der Waals surface area contributed by atoms with E-state index < -0.39 is 21.3 Å². The van der Waals surface area contributed by atoms with Crippen LogP contribution in [0.25, 0.3) is 0 Å². The summed E-state index contributed by atoms with van der Waals surface area (Å²) in [6.45, 7) is 1.97. The van der Waals surface area contributed by atoms with Crippen molar-refractivity contribution in [2.24, 2.45) is 0 Å². The third-order valence-corrected chi connectivity index (χ3v) is 7.31. The predicted molar refractivity (Wildman–Crippen MR) is 82.5 cm³/mol. The highest BCUT2D eigenvalue weighted by molar-refractivity contribution is 8.34. The van der Waals surface area contributed by atoms with Crippen LogP contribution in [-0.2, 0) is 14.4 Å². The Bertz CT molecular complexity index is 302. The number of rotatable bonds is 12. The van der Waals surface area contributed by atoms with Crippen LogP contribution in [0.15, 0.2) is 0 Å². The van der Waals surface area contributed by atoms with Crippen LogP contribution in [-0.4, -0.2) is 53.9 Å². The fourth-order valence-corrected chi connectivity index (χ4v) is 5.21. The van der Waals surface area contributed by atoms with E-state index in [2.05, 4.69) is 0 Å². The standard InChI is InChI=1S/C11H18O6S3/c1-2-3-4-11(18-5-8(12)13,19-6-9(14)15)20-7-10(16)17/h2-7H2,1H3,(H,12,13)(H,14,15)(H,16,17). The predicted octanol–water partition coefficient (Wildman–Crippen LogP) is 2.28. The lowest BCUT2D eigenvalue weighted by molar-refractivity contribution is -0.134. The van der Waals surface area contributed by atoms with Crippen LogP contribution in [0, 0.1) is 0 Å². The summed E-state index contributed by atoms with van der Waals surface area (Å²) in [5.74, 6) is -3.53. The zero-order chi connectivity index (χ0) is 15.6. The van der Waals surface area contributed by atoms with Gasteiger partial charge in [-0.2, -0.15) is 0 Å². The van der Waals surface area contributed by atoms with Crippen molar-refractivity contribution in [1.29, 1.82) is 0 Å². The molecule has 6 nitrogen and oxygen atoms in total. The number of carbonyl (C=O) groups is 3. The van der Waals surface area contributed by atoms with Crippen molar-refractivity contribution in [2.45, 2.75) is 29.6 Å². The monoisotopic (exact) mass is 342 g/mol. The van der Waals surface area contributed by atoms with Gasteiger partial charge in [0, 0.05) is 0 Å². The highest BCUT2D eigenvalue weighted by Crippen LogP contribution is 2.50. The van der Waals surface area contributed by atoms with Crippen molar-refractivity contribution in [3.8, 4) is 0 Å². The molecule has 0 bridgehead atoms. The van der Waals surface area contributed by atoms with Gasteiger partial charge in [-0.3, -0.25) is 14.4 Å². The molecule has 0 amide bonds. The van der Waals surface area contributed by atoms with Crippen molar-refractivity contribution in [2.75, 3.05) is 17.3 Å². The lowest BCUT2D eigenvalue weighted by Crippen LogP contribution is -2.23. The number of thioether (sulfide) groups is 3. The molecule has 0 rings (SSSR count). The zero-order valence-corrected chi connectivity index (χ0v) is 13.5. The minimum atomic E-state index is -0.997. The Morgan fingerprint density at radius 3 is 1.45 bits per heavy atom. The van der Waals surface area contributed by atoms with Gasteiger partial charge in [0.15, 0.2) is 0 Å². The third kappa shape index (κ3) is 9.38. The molecule has 116 valence electrons. The Hall–Kier alpha value is -0.540. The first-order valence-electron chi connectivity index (χ1n) is 5.88. The number of hydrogen-bond donors (Lipinski definition) is 3. The summed E-state index contributed by atoms with van der Waals surface area (Å²) < 4.78 is -0.745. The molecule has 0 aromatic rings. The molecule has 0 atom stereocenters. The van der Waals surface area contributed by atoms with Crippen molar-refractivity contribution >= 4 is 53.2 Å². The van der Waals surface area contributed by atoms with Crippen molar-refractivity contribution in [3.63, 3.8) is 0 Å². The molecule has 0 radical (unpaired) electrons. The second-order valence-corrected chi connectivity index (χ2v) is 8.43. The molecule has 0 aromatic heterocycles. The number of aliphatic carboxylic acids is 3. The van der Waals surface area contributed by atoms with E-state index >= 15 is 0 Å². The molecular weight excluding hydrogens is 324 g/mol. The SMILES string of the molecule is CCCCC(SCC(=O)O)(SCC(=O)O)SCC(=O)O. The normalized spacial score (nSPS) is 11.2. The van der Waals surface area contributed by atoms with Crippen LogP contribution < -0.4 is 0 Å². The minimum Gasteiger partial charge on any atom is -0.481 e. The minimum absolute atomic E-state index is 0.178. The van der Waals surface area contributed by atoms with Crippen LogP contribution in [0.1, 0.15) is 26.2 Å². The van der Waals surface area contributed by atoms with Gasteiger partial charge >= 0.3 is 17.9 Å². The second kappa shape index (κ2) is 10.2. The molecule has 0 aliphatic heterocycles. The van der Waals surface area contributed by atoms with E-state index in [9.17, 15) is 14.4 Å². The van der Waals surface area contributed by atoms with Crippen molar-refractivity contribution < 1.29 is 29.7 Å². The molecule has 0 aromatic carbocycles. The summed E-state index contributed by atoms with van der Waals surface area (Å²) in [6.07, 6.45) is 2.22. The summed E-state index contributed by atoms with van der Waals surface area (Å²) in [4.78, 5) is 32.2. The molecule has 0 fully saturated rings. The average Bonchev–Trinajstić information content (AvgIpc) is 2.36. The van der Waals surface area contributed by atoms with Crippen molar-refractivity contribution in [1.82, 2.24) is 0 Å². The molecule has 0 saturated carbocycles. The van der Waals surface area contributed by atoms with E-state index in [1.807, 2.05) is 6.92 Å². The Kier molecular flexibility index (Phi) is 9.95. The molecule has 0 spiro atoms. The average molecular weight is 342 g/mol. The lowest BCUT2D eigenvalue weighted by Gasteiger charge is -2.30. The fourth-order valence-electron chi connectivity index (χ4n) is 1.25. The third-order valence-electron chi connectivity index (χ3n) is 2.08. The van der Waals surface area contributed by atoms with Crippen LogP contribution in [0.2, 0.25) is 0 Å². The van der Waals surface area contributed by atoms with Crippen LogP contribution in [0.5, 0.6) is 0 Å². The first-order valence-corrected chi connectivity index (χ1v) is 8.84. The van der Waals surface area contributed by atoms with Gasteiger partial charge in [-0.1, -0.05) is 19.8 Å². The molecule has 0 aliphatic rings. The number of carboxylic acids is 3. The summed E-state index contributed by atoms with van der Waals surface area (Å²) >= 11 is 3.30. The van der Waals surface area contributed by atoms with E-state index in [0.29, 0.717) is 6.42 Å². The summed E-state index contributed by atoms with van der Waals surface area (Å²) in [6, 6.07) is 0. The van der Waals surface area contributed by atoms with Gasteiger partial charge in [0.05, 0.1) is 17.3 Å². The second-order valence-electron chi connectivity index (χ2n) is 3.83. The maximum Gasteiger partial charge on any atom is 0.313 e. The Morgan fingerprint density at radius 1 is 0.850 bits per heavy atom. The van der Waals surface area contributed by atoms with Gasteiger partial charge in [0.1, 0.15) is 3.41 Å². The summed E-state index contributed by atoms with van der Waals surface area (Å²) in [5, 5.41) is 26.4. The lowest BCUT2D eigenvalue weighted by atomic mass is 10.3. The van der Waals surface area contributed by atoms with Crippen LogP contribution >= 0.6 is 35.3 Å². The Labute approximate surface area is 130 Å². The Morgan fingerprint density at radius 2 is 1.20 bits per heavy atom. The highest BCUT2D eigenvalue weighted by atomic mass is 32.3. The van der Waals surface area contributed by atoms with E-state index in [0.717, 1.165) is 48.1 Å². The highest BCUT2D eigenvalue weighted by Gasteiger charge is 2.33. The fraction of sp³-hybridized carbons (Fsp3) is 0.727. The van der Waals surface area contributed by atoms with Crippen molar-refractivity contribution in [3.05, 3.63) is 0 Å². The van der Waals surface area contributed by atoms with Gasteiger partial charge in [0.2, 0.25) is 0 Å². The van der Waals surface area contributed by atoms with E-state index in [1.54, 1.807) is 0 Å². The zero-order valence-electron chi connectivity index (χ0n) is 11.0. The largest absolute Gasteiger partial charge is 0.481 e. The van der Waals surface area contributed by atoms with Gasteiger partial charge in [0.25, 0.3) is 0 Å². The van der Waals surface area contributed by atoms with Gasteiger partial charge < -0.3 is 15.3 Å². The summed E-state index contributed by atoms with van der Waals surface area (Å²) in [5.41, 5.74) is 0. The van der Waals surface area contributed by atoms with E-state index in [4.69, 9.17) is 15.3 Å². The number of unbranched alkanes of at least 4 members (excludes halogenated alkanes) is 1. The Balaban J connectivity index is 4.87. The molecule has 3 N–H and O–H groups in total. The molecule has 0 unspecified atom stereocenters. The maximum absolute atomic E-state index is 10.7. The molecule has 0 saturated heterocycles. The topological polar surface area (TPSA) is 112 Å². The first-order chi connectivity index (χ1) is 9.31. The molecule has 0 aliphatic carbocycles. The van der Waals surface area contributed by atoms with Gasteiger partial charge in [-0.15, -0.1) is 35.3 Å². The smallest absolute Gasteiger partial charge is 0.313 e. The van der Waals surface area contributed by atoms with Crippen LogP contribution in [0.4, 0.5) is 0 Å². The van der Waals surface area contributed by atoms with Crippen LogP contribution in [0.3, 0.4) is 0 Å². The molecular formula is C11H18O6S3. The van der Waals surface area contributed by atoms with E-state index in [-0.39, 0.29) is 17.3 Å². The number of hydrogen-bond acceptors (Lipinski definition) is 6. The quantitative estimate of drug-likeness (QED) is 0.460. The van der Waals surface area contributed by atoms with Gasteiger partial charge in [-0.25, -0.2) is 0 Å². The number of carboxylic acid groups (broad SMARTS) is 3. The summed E-state index contributed by atoms with van der Waals surface area (Å²) in [7, 11) is 0. The molecule has 0 heterocycles.